The summed E-state index contributed by atoms with van der Waals surface area (Å²) in [6.07, 6.45) is 2.50. The third-order valence-corrected chi connectivity index (χ3v) is 4.48. The molecule has 1 saturated heterocycles. The van der Waals surface area contributed by atoms with Crippen LogP contribution in [0, 0.1) is 0 Å². The molecule has 1 aliphatic rings. The highest BCUT2D eigenvalue weighted by Crippen LogP contribution is 2.23. The molecule has 0 bridgehead atoms. The third kappa shape index (κ3) is 4.87. The lowest BCUT2D eigenvalue weighted by atomic mass is 10.1. The maximum atomic E-state index is 12.6. The molecule has 2 amide bonds. The van der Waals surface area contributed by atoms with Crippen molar-refractivity contribution in [1.82, 2.24) is 9.80 Å². The van der Waals surface area contributed by atoms with E-state index in [1.807, 2.05) is 16.7 Å². The van der Waals surface area contributed by atoms with Crippen molar-refractivity contribution in [2.45, 2.75) is 32.6 Å². The maximum Gasteiger partial charge on any atom is 0.227 e. The number of hydrogen-bond acceptors (Lipinski definition) is 3. The molecule has 0 spiro atoms. The molecule has 0 aromatic heterocycles. The van der Waals surface area contributed by atoms with Crippen LogP contribution in [-0.4, -0.2) is 54.9 Å². The molecule has 132 valence electrons. The van der Waals surface area contributed by atoms with Gasteiger partial charge >= 0.3 is 0 Å². The summed E-state index contributed by atoms with van der Waals surface area (Å²) in [6, 6.07) is 5.29. The number of amides is 2. The van der Waals surface area contributed by atoms with Crippen LogP contribution in [0.1, 0.15) is 31.7 Å². The van der Waals surface area contributed by atoms with E-state index in [1.54, 1.807) is 25.3 Å². The molecule has 1 fully saturated rings. The van der Waals surface area contributed by atoms with Gasteiger partial charge < -0.3 is 14.5 Å². The predicted molar refractivity (Wildman–Crippen MR) is 94.4 cm³/mol. The Kier molecular flexibility index (Phi) is 6.91. The van der Waals surface area contributed by atoms with Crippen LogP contribution in [0.2, 0.25) is 5.02 Å². The second-order valence-electron chi connectivity index (χ2n) is 6.00. The van der Waals surface area contributed by atoms with Crippen LogP contribution in [-0.2, 0) is 16.0 Å². The van der Waals surface area contributed by atoms with Crippen molar-refractivity contribution in [2.75, 3.05) is 33.3 Å². The maximum absolute atomic E-state index is 12.6. The number of benzene rings is 1. The van der Waals surface area contributed by atoms with Crippen molar-refractivity contribution < 1.29 is 14.3 Å². The van der Waals surface area contributed by atoms with Crippen molar-refractivity contribution in [3.05, 3.63) is 28.8 Å². The topological polar surface area (TPSA) is 49.9 Å². The highest BCUT2D eigenvalue weighted by Gasteiger charge is 2.22. The molecule has 1 aromatic rings. The highest BCUT2D eigenvalue weighted by atomic mass is 35.5. The summed E-state index contributed by atoms with van der Waals surface area (Å²) in [5.74, 6) is 0.894. The van der Waals surface area contributed by atoms with E-state index in [4.69, 9.17) is 16.3 Å². The summed E-state index contributed by atoms with van der Waals surface area (Å²) in [6.45, 7) is 4.60. The van der Waals surface area contributed by atoms with Gasteiger partial charge in [-0.15, -0.1) is 0 Å². The Hall–Kier alpha value is -1.75. The lowest BCUT2D eigenvalue weighted by Crippen LogP contribution is -2.37. The number of methoxy groups -OCH3 is 1. The van der Waals surface area contributed by atoms with Gasteiger partial charge in [-0.1, -0.05) is 18.5 Å². The SMILES string of the molecule is CCCC(=O)N1CCCN(C(=O)Cc2cc(Cl)ccc2OC)CC1. The highest BCUT2D eigenvalue weighted by molar-refractivity contribution is 6.30. The minimum atomic E-state index is 0.0420. The number of ether oxygens (including phenoxy) is 1. The summed E-state index contributed by atoms with van der Waals surface area (Å²) in [4.78, 5) is 28.4. The molecule has 0 radical (unpaired) electrons. The Bertz CT molecular complexity index is 592. The minimum absolute atomic E-state index is 0.0420. The molecular formula is C18H25ClN2O3. The first kappa shape index (κ1) is 18.6. The molecule has 6 heteroatoms. The van der Waals surface area contributed by atoms with Gasteiger partial charge in [0.1, 0.15) is 5.75 Å². The Labute approximate surface area is 148 Å². The van der Waals surface area contributed by atoms with Crippen molar-refractivity contribution in [3.8, 4) is 5.75 Å². The first-order chi connectivity index (χ1) is 11.5. The summed E-state index contributed by atoms with van der Waals surface area (Å²) >= 11 is 6.03. The molecule has 1 aromatic carbocycles. The standard InChI is InChI=1S/C18H25ClN2O3/c1-3-5-17(22)20-8-4-9-21(11-10-20)18(23)13-14-12-15(19)6-7-16(14)24-2/h6-7,12H,3-5,8-11,13H2,1-2H3. The van der Waals surface area contributed by atoms with Crippen LogP contribution in [0.3, 0.4) is 0 Å². The van der Waals surface area contributed by atoms with Crippen molar-refractivity contribution in [2.24, 2.45) is 0 Å². The van der Waals surface area contributed by atoms with E-state index >= 15 is 0 Å². The van der Waals surface area contributed by atoms with Crippen LogP contribution in [0.15, 0.2) is 18.2 Å². The van der Waals surface area contributed by atoms with Gasteiger partial charge in [0, 0.05) is 43.2 Å². The van der Waals surface area contributed by atoms with Gasteiger partial charge in [0.05, 0.1) is 13.5 Å². The quantitative estimate of drug-likeness (QED) is 0.818. The summed E-state index contributed by atoms with van der Waals surface area (Å²) in [5.41, 5.74) is 0.790. The first-order valence-electron chi connectivity index (χ1n) is 8.43. The molecule has 0 aliphatic carbocycles. The van der Waals surface area contributed by atoms with Gasteiger partial charge in [-0.25, -0.2) is 0 Å². The average Bonchev–Trinajstić information content (AvgIpc) is 2.81. The molecule has 5 nitrogen and oxygen atoms in total. The molecule has 1 heterocycles. The monoisotopic (exact) mass is 352 g/mol. The van der Waals surface area contributed by atoms with Gasteiger partial charge in [0.2, 0.25) is 11.8 Å². The van der Waals surface area contributed by atoms with Crippen LogP contribution in [0.25, 0.3) is 0 Å². The van der Waals surface area contributed by atoms with Gasteiger partial charge in [-0.2, -0.15) is 0 Å². The lowest BCUT2D eigenvalue weighted by Gasteiger charge is -2.22. The zero-order valence-electron chi connectivity index (χ0n) is 14.4. The number of halogens is 1. The van der Waals surface area contributed by atoms with Crippen molar-refractivity contribution in [1.29, 1.82) is 0 Å². The first-order valence-corrected chi connectivity index (χ1v) is 8.81. The molecular weight excluding hydrogens is 328 g/mol. The normalized spacial score (nSPS) is 15.1. The van der Waals surface area contributed by atoms with Gasteiger partial charge in [-0.05, 0) is 31.0 Å². The second-order valence-corrected chi connectivity index (χ2v) is 6.43. The van der Waals surface area contributed by atoms with Crippen LogP contribution in [0.5, 0.6) is 5.75 Å². The number of carbonyl (C=O) groups excluding carboxylic acids is 2. The molecule has 0 unspecified atom stereocenters. The zero-order chi connectivity index (χ0) is 17.5. The number of carbonyl (C=O) groups is 2. The fourth-order valence-corrected chi connectivity index (χ4v) is 3.14. The van der Waals surface area contributed by atoms with E-state index in [2.05, 4.69) is 0 Å². The van der Waals surface area contributed by atoms with Crippen molar-refractivity contribution in [3.63, 3.8) is 0 Å². The molecule has 0 saturated carbocycles. The van der Waals surface area contributed by atoms with Crippen LogP contribution < -0.4 is 4.74 Å². The minimum Gasteiger partial charge on any atom is -0.496 e. The van der Waals surface area contributed by atoms with Crippen molar-refractivity contribution >= 4 is 23.4 Å². The van der Waals surface area contributed by atoms with E-state index < -0.39 is 0 Å². The Morgan fingerprint density at radius 3 is 2.42 bits per heavy atom. The number of rotatable bonds is 5. The Balaban J connectivity index is 1.98. The smallest absolute Gasteiger partial charge is 0.227 e. The molecule has 24 heavy (non-hydrogen) atoms. The second kappa shape index (κ2) is 8.92. The van der Waals surface area contributed by atoms with E-state index in [-0.39, 0.29) is 18.2 Å². The average molecular weight is 353 g/mol. The van der Waals surface area contributed by atoms with Crippen LogP contribution in [0.4, 0.5) is 0 Å². The van der Waals surface area contributed by atoms with E-state index in [0.29, 0.717) is 36.8 Å². The van der Waals surface area contributed by atoms with Gasteiger partial charge in [0.25, 0.3) is 0 Å². The Morgan fingerprint density at radius 1 is 1.12 bits per heavy atom. The summed E-state index contributed by atoms with van der Waals surface area (Å²) in [5, 5.41) is 0.589. The number of hydrogen-bond donors (Lipinski definition) is 0. The van der Waals surface area contributed by atoms with E-state index in [1.165, 1.54) is 0 Å². The number of nitrogens with zero attached hydrogens (tertiary/aromatic N) is 2. The largest absolute Gasteiger partial charge is 0.496 e. The molecule has 0 N–H and O–H groups in total. The van der Waals surface area contributed by atoms with E-state index in [0.717, 1.165) is 24.9 Å². The fourth-order valence-electron chi connectivity index (χ4n) is 2.95. The molecule has 1 aliphatic heterocycles. The van der Waals surface area contributed by atoms with Crippen LogP contribution >= 0.6 is 11.6 Å². The van der Waals surface area contributed by atoms with E-state index in [9.17, 15) is 9.59 Å². The molecule has 0 atom stereocenters. The fraction of sp³-hybridized carbons (Fsp3) is 0.556. The predicted octanol–water partition coefficient (Wildman–Crippen LogP) is 2.75. The molecule has 2 rings (SSSR count). The van der Waals surface area contributed by atoms with Gasteiger partial charge in [0.15, 0.2) is 0 Å². The summed E-state index contributed by atoms with van der Waals surface area (Å²) < 4.78 is 5.31. The Morgan fingerprint density at radius 2 is 1.79 bits per heavy atom. The zero-order valence-corrected chi connectivity index (χ0v) is 15.1. The third-order valence-electron chi connectivity index (χ3n) is 4.25. The summed E-state index contributed by atoms with van der Waals surface area (Å²) in [7, 11) is 1.58. The lowest BCUT2D eigenvalue weighted by molar-refractivity contribution is -0.133. The van der Waals surface area contributed by atoms with Gasteiger partial charge in [-0.3, -0.25) is 9.59 Å².